The van der Waals surface area contributed by atoms with E-state index in [9.17, 15) is 4.79 Å². The summed E-state index contributed by atoms with van der Waals surface area (Å²) in [5.41, 5.74) is 6.43. The van der Waals surface area contributed by atoms with Crippen LogP contribution in [0.15, 0.2) is 31.0 Å². The van der Waals surface area contributed by atoms with Crippen LogP contribution in [0.1, 0.15) is 9.67 Å². The summed E-state index contributed by atoms with van der Waals surface area (Å²) in [7, 11) is 0. The summed E-state index contributed by atoms with van der Waals surface area (Å²) in [5, 5.41) is 11.3. The lowest BCUT2D eigenvalue weighted by Gasteiger charge is -2.04. The molecule has 3 N–H and O–H groups in total. The number of nitrogens with one attached hydrogen (secondary N) is 1. The van der Waals surface area contributed by atoms with E-state index in [0.29, 0.717) is 28.5 Å². The van der Waals surface area contributed by atoms with Crippen molar-refractivity contribution in [2.75, 3.05) is 12.3 Å². The fourth-order valence-electron chi connectivity index (χ4n) is 1.84. The van der Waals surface area contributed by atoms with Crippen molar-refractivity contribution in [3.05, 3.63) is 35.9 Å². The van der Waals surface area contributed by atoms with Gasteiger partial charge in [-0.3, -0.25) is 4.79 Å². The van der Waals surface area contributed by atoms with Crippen molar-refractivity contribution in [1.29, 1.82) is 0 Å². The van der Waals surface area contributed by atoms with E-state index in [1.807, 2.05) is 10.8 Å². The Morgan fingerprint density at radius 3 is 3.10 bits per heavy atom. The van der Waals surface area contributed by atoms with Crippen LogP contribution in [0.25, 0.3) is 10.2 Å². The van der Waals surface area contributed by atoms with Gasteiger partial charge in [0.05, 0.1) is 18.2 Å². The number of aromatic nitrogens is 4. The van der Waals surface area contributed by atoms with Crippen molar-refractivity contribution in [3.8, 4) is 0 Å². The highest BCUT2D eigenvalue weighted by molar-refractivity contribution is 7.21. The average Bonchev–Trinajstić information content (AvgIpc) is 3.08. The Morgan fingerprint density at radius 1 is 1.45 bits per heavy atom. The molecule has 0 spiro atoms. The van der Waals surface area contributed by atoms with E-state index in [1.165, 1.54) is 11.3 Å². The zero-order valence-electron chi connectivity index (χ0n) is 10.5. The first-order valence-corrected chi connectivity index (χ1v) is 6.81. The Hall–Kier alpha value is -2.48. The molecule has 3 aromatic heterocycles. The number of fused-ring (bicyclic) bond motifs is 1. The molecule has 0 unspecified atom stereocenters. The minimum absolute atomic E-state index is 0.189. The predicted octanol–water partition coefficient (Wildman–Crippen LogP) is 0.900. The van der Waals surface area contributed by atoms with Crippen LogP contribution in [0.4, 0.5) is 5.69 Å². The monoisotopic (exact) mass is 288 g/mol. The van der Waals surface area contributed by atoms with Crippen LogP contribution in [-0.4, -0.2) is 32.2 Å². The number of hydrogen-bond acceptors (Lipinski definition) is 6. The number of amides is 1. The lowest BCUT2D eigenvalue weighted by molar-refractivity contribution is 0.0957. The zero-order valence-corrected chi connectivity index (χ0v) is 11.3. The SMILES string of the molecule is Nc1c(C(=O)NCCn2ccnc2)sc2nnccc12. The Bertz CT molecular complexity index is 736. The molecule has 0 fully saturated rings. The molecule has 1 amide bonds. The maximum absolute atomic E-state index is 12.1. The Labute approximate surface area is 118 Å². The quantitative estimate of drug-likeness (QED) is 0.743. The van der Waals surface area contributed by atoms with Gasteiger partial charge in [0.25, 0.3) is 5.91 Å². The maximum Gasteiger partial charge on any atom is 0.263 e. The third-order valence-corrected chi connectivity index (χ3v) is 3.95. The molecular weight excluding hydrogens is 276 g/mol. The molecule has 0 bridgehead atoms. The number of nitrogens with zero attached hydrogens (tertiary/aromatic N) is 4. The molecule has 0 atom stereocenters. The standard InChI is InChI=1S/C12H12N6OS/c13-9-8-1-2-16-17-12(8)20-10(9)11(19)15-4-6-18-5-3-14-7-18/h1-3,5,7H,4,6,13H2,(H,15,19). The number of hydrogen-bond donors (Lipinski definition) is 2. The molecular formula is C12H12N6OS. The van der Waals surface area contributed by atoms with Crippen molar-refractivity contribution < 1.29 is 4.79 Å². The van der Waals surface area contributed by atoms with Gasteiger partial charge in [0.15, 0.2) is 0 Å². The van der Waals surface area contributed by atoms with E-state index >= 15 is 0 Å². The highest BCUT2D eigenvalue weighted by atomic mass is 32.1. The molecule has 0 aromatic carbocycles. The minimum atomic E-state index is -0.189. The molecule has 3 rings (SSSR count). The predicted molar refractivity (Wildman–Crippen MR) is 76.4 cm³/mol. The average molecular weight is 288 g/mol. The number of rotatable bonds is 4. The van der Waals surface area contributed by atoms with Crippen LogP contribution < -0.4 is 11.1 Å². The van der Waals surface area contributed by atoms with Crippen molar-refractivity contribution in [2.24, 2.45) is 0 Å². The van der Waals surface area contributed by atoms with Gasteiger partial charge in [-0.15, -0.1) is 16.4 Å². The number of nitrogens with two attached hydrogens (primary N) is 1. The highest BCUT2D eigenvalue weighted by Crippen LogP contribution is 2.31. The summed E-state index contributed by atoms with van der Waals surface area (Å²) in [6, 6.07) is 1.76. The van der Waals surface area contributed by atoms with E-state index in [1.54, 1.807) is 24.8 Å². The van der Waals surface area contributed by atoms with Gasteiger partial charge in [0.1, 0.15) is 9.71 Å². The number of thiophene rings is 1. The summed E-state index contributed by atoms with van der Waals surface area (Å²) in [6.07, 6.45) is 6.81. The van der Waals surface area contributed by atoms with Gasteiger partial charge < -0.3 is 15.6 Å². The van der Waals surface area contributed by atoms with Crippen molar-refractivity contribution >= 4 is 33.1 Å². The number of nitrogen functional groups attached to an aromatic ring is 1. The smallest absolute Gasteiger partial charge is 0.263 e. The van der Waals surface area contributed by atoms with Gasteiger partial charge in [0, 0.05) is 30.9 Å². The lowest BCUT2D eigenvalue weighted by atomic mass is 10.3. The van der Waals surface area contributed by atoms with Crippen LogP contribution in [0, 0.1) is 0 Å². The summed E-state index contributed by atoms with van der Waals surface area (Å²) in [4.78, 5) is 17.2. The minimum Gasteiger partial charge on any atom is -0.397 e. The molecule has 0 aliphatic carbocycles. The van der Waals surface area contributed by atoms with Crippen LogP contribution in [0.5, 0.6) is 0 Å². The van der Waals surface area contributed by atoms with Gasteiger partial charge in [-0.2, -0.15) is 5.10 Å². The zero-order chi connectivity index (χ0) is 13.9. The Kier molecular flexibility index (Phi) is 3.30. The molecule has 0 radical (unpaired) electrons. The third-order valence-electron chi connectivity index (χ3n) is 2.84. The van der Waals surface area contributed by atoms with Gasteiger partial charge in [-0.1, -0.05) is 0 Å². The molecule has 102 valence electrons. The van der Waals surface area contributed by atoms with Gasteiger partial charge >= 0.3 is 0 Å². The van der Waals surface area contributed by atoms with E-state index in [2.05, 4.69) is 20.5 Å². The van der Waals surface area contributed by atoms with Crippen molar-refractivity contribution in [2.45, 2.75) is 6.54 Å². The normalized spacial score (nSPS) is 10.8. The van der Waals surface area contributed by atoms with E-state index in [-0.39, 0.29) is 5.91 Å². The fraction of sp³-hybridized carbons (Fsp3) is 0.167. The van der Waals surface area contributed by atoms with Crippen molar-refractivity contribution in [1.82, 2.24) is 25.1 Å². The molecule has 0 saturated carbocycles. The van der Waals surface area contributed by atoms with Crippen molar-refractivity contribution in [3.63, 3.8) is 0 Å². The second kappa shape index (κ2) is 5.25. The number of carbonyl (C=O) groups is 1. The van der Waals surface area contributed by atoms with E-state index < -0.39 is 0 Å². The second-order valence-corrected chi connectivity index (χ2v) is 5.15. The first kappa shape index (κ1) is 12.5. The fourth-order valence-corrected chi connectivity index (χ4v) is 2.79. The molecule has 0 aliphatic rings. The summed E-state index contributed by atoms with van der Waals surface area (Å²) >= 11 is 1.25. The lowest BCUT2D eigenvalue weighted by Crippen LogP contribution is -2.26. The van der Waals surface area contributed by atoms with Gasteiger partial charge in [-0.25, -0.2) is 4.98 Å². The topological polar surface area (TPSA) is 98.7 Å². The Balaban J connectivity index is 1.71. The van der Waals surface area contributed by atoms with Crippen LogP contribution in [0.2, 0.25) is 0 Å². The summed E-state index contributed by atoms with van der Waals surface area (Å²) in [6.45, 7) is 1.17. The summed E-state index contributed by atoms with van der Waals surface area (Å²) < 4.78 is 1.89. The molecule has 0 aliphatic heterocycles. The molecule has 8 heteroatoms. The number of anilines is 1. The maximum atomic E-state index is 12.1. The number of imidazole rings is 1. The molecule has 20 heavy (non-hydrogen) atoms. The van der Waals surface area contributed by atoms with Crippen LogP contribution in [-0.2, 0) is 6.54 Å². The van der Waals surface area contributed by atoms with Gasteiger partial charge in [0.2, 0.25) is 0 Å². The summed E-state index contributed by atoms with van der Waals surface area (Å²) in [5.74, 6) is -0.189. The molecule has 3 aromatic rings. The van der Waals surface area contributed by atoms with Crippen LogP contribution >= 0.6 is 11.3 Å². The molecule has 3 heterocycles. The van der Waals surface area contributed by atoms with E-state index in [4.69, 9.17) is 5.73 Å². The third kappa shape index (κ3) is 2.32. The Morgan fingerprint density at radius 2 is 2.35 bits per heavy atom. The van der Waals surface area contributed by atoms with Gasteiger partial charge in [-0.05, 0) is 6.07 Å². The van der Waals surface area contributed by atoms with E-state index in [0.717, 1.165) is 5.39 Å². The second-order valence-electron chi connectivity index (χ2n) is 4.15. The molecule has 0 saturated heterocycles. The number of carbonyl (C=O) groups excluding carboxylic acids is 1. The first-order valence-electron chi connectivity index (χ1n) is 5.99. The molecule has 7 nitrogen and oxygen atoms in total. The highest BCUT2D eigenvalue weighted by Gasteiger charge is 2.16. The first-order chi connectivity index (χ1) is 9.75. The van der Waals surface area contributed by atoms with Crippen LogP contribution in [0.3, 0.4) is 0 Å². The largest absolute Gasteiger partial charge is 0.397 e.